The second-order valence-corrected chi connectivity index (χ2v) is 6.76. The lowest BCUT2D eigenvalue weighted by molar-refractivity contribution is -0.141. The summed E-state index contributed by atoms with van der Waals surface area (Å²) in [6, 6.07) is 0.517. The molecule has 2 N–H and O–H groups in total. The fraction of sp³-hybridized carbons (Fsp3) is 0.867. The minimum atomic E-state index is -0.768. The first-order chi connectivity index (χ1) is 9.92. The number of carbonyl (C=O) groups excluding carboxylic acids is 1. The standard InChI is InChI=1S/C15H27N3O3/c1-17(2)12-4-8-18(9-5-12)14(21)16-11-15(6-3-7-15)10-13(19)20/h12H,3-11H2,1-2H3,(H,16,21)(H,19,20). The number of aliphatic carboxylic acids is 1. The molecule has 2 aliphatic rings. The van der Waals surface area contributed by atoms with Crippen LogP contribution in [0, 0.1) is 5.41 Å². The van der Waals surface area contributed by atoms with Gasteiger partial charge in [-0.1, -0.05) is 6.42 Å². The maximum absolute atomic E-state index is 12.2. The van der Waals surface area contributed by atoms with E-state index in [1.807, 2.05) is 4.90 Å². The molecule has 1 aliphatic heterocycles. The van der Waals surface area contributed by atoms with Crippen LogP contribution in [0.2, 0.25) is 0 Å². The largest absolute Gasteiger partial charge is 0.481 e. The molecule has 0 aromatic rings. The van der Waals surface area contributed by atoms with E-state index in [1.54, 1.807) is 0 Å². The highest BCUT2D eigenvalue weighted by Crippen LogP contribution is 2.43. The van der Waals surface area contributed by atoms with E-state index in [0.717, 1.165) is 45.2 Å². The Bertz CT molecular complexity index is 386. The minimum Gasteiger partial charge on any atom is -0.481 e. The Morgan fingerprint density at radius 1 is 1.29 bits per heavy atom. The molecule has 1 saturated heterocycles. The van der Waals surface area contributed by atoms with Gasteiger partial charge in [0.2, 0.25) is 0 Å². The number of urea groups is 1. The van der Waals surface area contributed by atoms with E-state index >= 15 is 0 Å². The molecule has 2 amide bonds. The number of amides is 2. The molecule has 0 bridgehead atoms. The van der Waals surface area contributed by atoms with E-state index in [1.165, 1.54) is 0 Å². The van der Waals surface area contributed by atoms with Crippen LogP contribution in [-0.2, 0) is 4.79 Å². The Kier molecular flexibility index (Phi) is 5.08. The third kappa shape index (κ3) is 4.09. The molecule has 1 heterocycles. The molecular formula is C15H27N3O3. The maximum atomic E-state index is 12.2. The number of carboxylic acids is 1. The Labute approximate surface area is 126 Å². The number of piperidine rings is 1. The lowest BCUT2D eigenvalue weighted by Gasteiger charge is -2.42. The Morgan fingerprint density at radius 2 is 1.90 bits per heavy atom. The average molecular weight is 297 g/mol. The summed E-state index contributed by atoms with van der Waals surface area (Å²) in [4.78, 5) is 27.2. The van der Waals surface area contributed by atoms with Crippen LogP contribution in [0.5, 0.6) is 0 Å². The van der Waals surface area contributed by atoms with Crippen molar-refractivity contribution in [3.63, 3.8) is 0 Å². The number of carboxylic acid groups (broad SMARTS) is 1. The molecule has 6 nitrogen and oxygen atoms in total. The molecule has 6 heteroatoms. The van der Waals surface area contributed by atoms with Gasteiger partial charge in [0.25, 0.3) is 0 Å². The third-order valence-electron chi connectivity index (χ3n) is 5.04. The van der Waals surface area contributed by atoms with Gasteiger partial charge in [0.05, 0.1) is 6.42 Å². The number of nitrogens with zero attached hydrogens (tertiary/aromatic N) is 2. The average Bonchev–Trinajstić information content (AvgIpc) is 2.41. The summed E-state index contributed by atoms with van der Waals surface area (Å²) in [5.74, 6) is -0.768. The highest BCUT2D eigenvalue weighted by molar-refractivity contribution is 5.74. The highest BCUT2D eigenvalue weighted by Gasteiger charge is 2.39. The lowest BCUT2D eigenvalue weighted by Crippen LogP contribution is -2.51. The molecule has 0 unspecified atom stereocenters. The van der Waals surface area contributed by atoms with Crippen LogP contribution in [0.25, 0.3) is 0 Å². The second-order valence-electron chi connectivity index (χ2n) is 6.76. The van der Waals surface area contributed by atoms with Crippen molar-refractivity contribution in [2.24, 2.45) is 5.41 Å². The van der Waals surface area contributed by atoms with Crippen LogP contribution in [0.3, 0.4) is 0 Å². The summed E-state index contributed by atoms with van der Waals surface area (Å²) < 4.78 is 0. The van der Waals surface area contributed by atoms with Crippen molar-refractivity contribution >= 4 is 12.0 Å². The van der Waals surface area contributed by atoms with Crippen molar-refractivity contribution in [1.82, 2.24) is 15.1 Å². The van der Waals surface area contributed by atoms with Crippen molar-refractivity contribution in [1.29, 1.82) is 0 Å². The van der Waals surface area contributed by atoms with Crippen molar-refractivity contribution in [3.8, 4) is 0 Å². The normalized spacial score (nSPS) is 22.0. The molecule has 0 aromatic heterocycles. The van der Waals surface area contributed by atoms with Crippen molar-refractivity contribution in [2.75, 3.05) is 33.7 Å². The van der Waals surface area contributed by atoms with Gasteiger partial charge in [-0.2, -0.15) is 0 Å². The molecule has 1 saturated carbocycles. The summed E-state index contributed by atoms with van der Waals surface area (Å²) in [5.41, 5.74) is -0.205. The number of nitrogens with one attached hydrogen (secondary N) is 1. The summed E-state index contributed by atoms with van der Waals surface area (Å²) in [7, 11) is 4.15. The number of carbonyl (C=O) groups is 2. The number of hydrogen-bond donors (Lipinski definition) is 2. The highest BCUT2D eigenvalue weighted by atomic mass is 16.4. The van der Waals surface area contributed by atoms with E-state index in [0.29, 0.717) is 12.6 Å². The molecule has 1 aliphatic carbocycles. The van der Waals surface area contributed by atoms with Gasteiger partial charge in [0, 0.05) is 25.7 Å². The Morgan fingerprint density at radius 3 is 2.33 bits per heavy atom. The predicted octanol–water partition coefficient (Wildman–Crippen LogP) is 1.37. The molecule has 0 atom stereocenters. The van der Waals surface area contributed by atoms with Gasteiger partial charge in [-0.25, -0.2) is 4.79 Å². The van der Waals surface area contributed by atoms with E-state index in [2.05, 4.69) is 24.3 Å². The fourth-order valence-corrected chi connectivity index (χ4v) is 3.37. The molecule has 0 spiro atoms. The first kappa shape index (κ1) is 16.1. The van der Waals surface area contributed by atoms with Crippen LogP contribution >= 0.6 is 0 Å². The van der Waals surface area contributed by atoms with E-state index < -0.39 is 5.97 Å². The van der Waals surface area contributed by atoms with Gasteiger partial charge in [-0.15, -0.1) is 0 Å². The van der Waals surface area contributed by atoms with Crippen LogP contribution in [-0.4, -0.2) is 66.7 Å². The smallest absolute Gasteiger partial charge is 0.317 e. The predicted molar refractivity (Wildman–Crippen MR) is 80.2 cm³/mol. The van der Waals surface area contributed by atoms with Crippen molar-refractivity contribution in [3.05, 3.63) is 0 Å². The van der Waals surface area contributed by atoms with Crippen molar-refractivity contribution in [2.45, 2.75) is 44.6 Å². The minimum absolute atomic E-state index is 0.0381. The number of hydrogen-bond acceptors (Lipinski definition) is 3. The van der Waals surface area contributed by atoms with Gasteiger partial charge >= 0.3 is 12.0 Å². The zero-order valence-electron chi connectivity index (χ0n) is 13.1. The monoisotopic (exact) mass is 297 g/mol. The SMILES string of the molecule is CN(C)C1CCN(C(=O)NCC2(CC(=O)O)CCC2)CC1. The maximum Gasteiger partial charge on any atom is 0.317 e. The van der Waals surface area contributed by atoms with E-state index in [4.69, 9.17) is 5.11 Å². The zero-order chi connectivity index (χ0) is 15.5. The fourth-order valence-electron chi connectivity index (χ4n) is 3.37. The molecule has 2 rings (SSSR count). The molecule has 0 aromatic carbocycles. The topological polar surface area (TPSA) is 72.9 Å². The lowest BCUT2D eigenvalue weighted by atomic mass is 9.66. The first-order valence-corrected chi connectivity index (χ1v) is 7.83. The van der Waals surface area contributed by atoms with E-state index in [-0.39, 0.29) is 17.9 Å². The summed E-state index contributed by atoms with van der Waals surface area (Å²) in [6.07, 6.45) is 5.04. The molecule has 2 fully saturated rings. The molecule has 21 heavy (non-hydrogen) atoms. The van der Waals surface area contributed by atoms with Gasteiger partial charge in [0.15, 0.2) is 0 Å². The van der Waals surface area contributed by atoms with Crippen molar-refractivity contribution < 1.29 is 14.7 Å². The Balaban J connectivity index is 1.76. The van der Waals surface area contributed by atoms with Crippen LogP contribution < -0.4 is 5.32 Å². The summed E-state index contributed by atoms with van der Waals surface area (Å²) >= 11 is 0. The zero-order valence-corrected chi connectivity index (χ0v) is 13.1. The number of likely N-dealkylation sites (tertiary alicyclic amines) is 1. The molecular weight excluding hydrogens is 270 g/mol. The first-order valence-electron chi connectivity index (χ1n) is 7.83. The van der Waals surface area contributed by atoms with E-state index in [9.17, 15) is 9.59 Å². The Hall–Kier alpha value is -1.30. The quantitative estimate of drug-likeness (QED) is 0.804. The van der Waals surface area contributed by atoms with Gasteiger partial charge in [-0.3, -0.25) is 4.79 Å². The van der Waals surface area contributed by atoms with Gasteiger partial charge < -0.3 is 20.2 Å². The molecule has 0 radical (unpaired) electrons. The molecule has 120 valence electrons. The van der Waals surface area contributed by atoms with Crippen LogP contribution in [0.1, 0.15) is 38.5 Å². The summed E-state index contributed by atoms with van der Waals surface area (Å²) in [5, 5.41) is 11.9. The second kappa shape index (κ2) is 6.64. The van der Waals surface area contributed by atoms with Gasteiger partial charge in [0.1, 0.15) is 0 Å². The van der Waals surface area contributed by atoms with Gasteiger partial charge in [-0.05, 0) is 45.2 Å². The van der Waals surface area contributed by atoms with Crippen LogP contribution in [0.15, 0.2) is 0 Å². The third-order valence-corrected chi connectivity index (χ3v) is 5.04. The van der Waals surface area contributed by atoms with Crippen LogP contribution in [0.4, 0.5) is 4.79 Å². The number of rotatable bonds is 5. The summed E-state index contributed by atoms with van der Waals surface area (Å²) in [6.45, 7) is 2.05.